The van der Waals surface area contributed by atoms with Crippen molar-refractivity contribution in [2.75, 3.05) is 18.4 Å². The number of pyridine rings is 1. The molecule has 0 unspecified atom stereocenters. The Kier molecular flexibility index (Phi) is 5.36. The number of carbonyl (C=O) groups is 1. The monoisotopic (exact) mass is 375 g/mol. The number of nitrogens with one attached hydrogen (secondary N) is 1. The SMILES string of the molecule is C[C@H]1CN(S(=O)(=O)c2cccc(C(=O)Nc3ccccn3)c2)C[C@H](C)O1. The lowest BCUT2D eigenvalue weighted by Crippen LogP contribution is -2.48. The Morgan fingerprint density at radius 2 is 1.88 bits per heavy atom. The van der Waals surface area contributed by atoms with Crippen LogP contribution in [0.1, 0.15) is 24.2 Å². The standard InChI is InChI=1S/C18H21N3O4S/c1-13-11-21(12-14(2)25-13)26(23,24)16-7-5-6-15(10-16)18(22)20-17-8-3-4-9-19-17/h3-10,13-14H,11-12H2,1-2H3,(H,19,20,22)/t13-,14-/m0/s1. The number of aromatic nitrogens is 1. The van der Waals surface area contributed by atoms with Crippen LogP contribution < -0.4 is 5.32 Å². The zero-order chi connectivity index (χ0) is 18.7. The molecule has 1 aliphatic rings. The van der Waals surface area contributed by atoms with Crippen LogP contribution >= 0.6 is 0 Å². The molecule has 0 aliphatic carbocycles. The van der Waals surface area contributed by atoms with Crippen molar-refractivity contribution in [2.45, 2.75) is 31.0 Å². The van der Waals surface area contributed by atoms with E-state index in [1.165, 1.54) is 16.4 Å². The Balaban J connectivity index is 1.83. The zero-order valence-corrected chi connectivity index (χ0v) is 15.4. The van der Waals surface area contributed by atoms with Crippen LogP contribution in [0.25, 0.3) is 0 Å². The summed E-state index contributed by atoms with van der Waals surface area (Å²) in [5.41, 5.74) is 0.256. The summed E-state index contributed by atoms with van der Waals surface area (Å²) in [6, 6.07) is 11.2. The molecule has 0 radical (unpaired) electrons. The molecule has 0 saturated carbocycles. The van der Waals surface area contributed by atoms with Crippen LogP contribution in [0.2, 0.25) is 0 Å². The zero-order valence-electron chi connectivity index (χ0n) is 14.6. The van der Waals surface area contributed by atoms with Gasteiger partial charge in [-0.25, -0.2) is 13.4 Å². The van der Waals surface area contributed by atoms with Crippen LogP contribution in [-0.2, 0) is 14.8 Å². The first kappa shape index (κ1) is 18.5. The van der Waals surface area contributed by atoms with Crippen LogP contribution in [0.3, 0.4) is 0 Å². The van der Waals surface area contributed by atoms with Gasteiger partial charge in [0, 0.05) is 24.8 Å². The van der Waals surface area contributed by atoms with Crippen LogP contribution in [-0.4, -0.2) is 48.9 Å². The maximum atomic E-state index is 12.9. The molecule has 138 valence electrons. The highest BCUT2D eigenvalue weighted by atomic mass is 32.2. The number of benzene rings is 1. The van der Waals surface area contributed by atoms with Gasteiger partial charge in [-0.2, -0.15) is 4.31 Å². The Morgan fingerprint density at radius 1 is 1.15 bits per heavy atom. The molecule has 26 heavy (non-hydrogen) atoms. The minimum Gasteiger partial charge on any atom is -0.373 e. The topological polar surface area (TPSA) is 88.6 Å². The molecule has 1 fully saturated rings. The van der Waals surface area contributed by atoms with E-state index in [-0.39, 0.29) is 35.8 Å². The predicted molar refractivity (Wildman–Crippen MR) is 97.4 cm³/mol. The lowest BCUT2D eigenvalue weighted by Gasteiger charge is -2.34. The summed E-state index contributed by atoms with van der Waals surface area (Å²) in [5, 5.41) is 2.65. The van der Waals surface area contributed by atoms with Gasteiger partial charge in [-0.1, -0.05) is 12.1 Å². The van der Waals surface area contributed by atoms with Crippen LogP contribution in [0, 0.1) is 0 Å². The van der Waals surface area contributed by atoms with Crippen LogP contribution in [0.4, 0.5) is 5.82 Å². The maximum Gasteiger partial charge on any atom is 0.256 e. The van der Waals surface area contributed by atoms with Crippen LogP contribution in [0.5, 0.6) is 0 Å². The van der Waals surface area contributed by atoms with Crippen molar-refractivity contribution in [3.63, 3.8) is 0 Å². The maximum absolute atomic E-state index is 12.9. The largest absolute Gasteiger partial charge is 0.373 e. The number of anilines is 1. The molecule has 0 bridgehead atoms. The summed E-state index contributed by atoms with van der Waals surface area (Å²) in [6.07, 6.45) is 1.21. The van der Waals surface area contributed by atoms with E-state index in [9.17, 15) is 13.2 Å². The van der Waals surface area contributed by atoms with E-state index in [0.717, 1.165) is 0 Å². The molecular weight excluding hydrogens is 354 g/mol. The summed E-state index contributed by atoms with van der Waals surface area (Å²) >= 11 is 0. The molecule has 2 heterocycles. The average molecular weight is 375 g/mol. The van der Waals surface area contributed by atoms with Crippen molar-refractivity contribution in [3.8, 4) is 0 Å². The van der Waals surface area contributed by atoms with Crippen molar-refractivity contribution < 1.29 is 17.9 Å². The molecule has 0 spiro atoms. The van der Waals surface area contributed by atoms with E-state index < -0.39 is 15.9 Å². The number of ether oxygens (including phenoxy) is 1. The van der Waals surface area contributed by atoms with Gasteiger partial charge in [-0.3, -0.25) is 4.79 Å². The normalized spacial score (nSPS) is 21.3. The Hall–Kier alpha value is -2.29. The minimum absolute atomic E-state index is 0.0903. The summed E-state index contributed by atoms with van der Waals surface area (Å²) in [6.45, 7) is 4.26. The molecule has 2 atom stereocenters. The Morgan fingerprint density at radius 3 is 2.54 bits per heavy atom. The summed E-state index contributed by atoms with van der Waals surface area (Å²) in [4.78, 5) is 16.5. The lowest BCUT2D eigenvalue weighted by molar-refractivity contribution is -0.0440. The fraction of sp³-hybridized carbons (Fsp3) is 0.333. The molecule has 7 nitrogen and oxygen atoms in total. The minimum atomic E-state index is -3.70. The molecule has 1 aromatic heterocycles. The third-order valence-electron chi connectivity index (χ3n) is 4.03. The van der Waals surface area contributed by atoms with E-state index >= 15 is 0 Å². The van der Waals surface area contributed by atoms with Gasteiger partial charge in [0.2, 0.25) is 10.0 Å². The van der Waals surface area contributed by atoms with Gasteiger partial charge in [-0.05, 0) is 44.2 Å². The van der Waals surface area contributed by atoms with Gasteiger partial charge in [0.1, 0.15) is 5.82 Å². The predicted octanol–water partition coefficient (Wildman–Crippen LogP) is 2.13. The second kappa shape index (κ2) is 7.53. The lowest BCUT2D eigenvalue weighted by atomic mass is 10.2. The number of rotatable bonds is 4. The summed E-state index contributed by atoms with van der Waals surface area (Å²) in [7, 11) is -3.70. The average Bonchev–Trinajstić information content (AvgIpc) is 2.62. The molecule has 8 heteroatoms. The van der Waals surface area contributed by atoms with E-state index in [1.807, 2.05) is 13.8 Å². The summed E-state index contributed by atoms with van der Waals surface area (Å²) in [5.74, 6) is -0.00828. The number of hydrogen-bond acceptors (Lipinski definition) is 5. The van der Waals surface area contributed by atoms with Crippen molar-refractivity contribution in [1.29, 1.82) is 0 Å². The molecule has 1 N–H and O–H groups in total. The number of morpholine rings is 1. The first-order valence-electron chi connectivity index (χ1n) is 8.34. The first-order chi connectivity index (χ1) is 12.4. The van der Waals surface area contributed by atoms with Crippen molar-refractivity contribution in [2.24, 2.45) is 0 Å². The molecular formula is C18H21N3O4S. The molecule has 1 aromatic carbocycles. The van der Waals surface area contributed by atoms with E-state index in [4.69, 9.17) is 4.74 Å². The Bertz CT molecular complexity index is 876. The quantitative estimate of drug-likeness (QED) is 0.884. The third kappa shape index (κ3) is 4.09. The van der Waals surface area contributed by atoms with Gasteiger partial charge in [0.05, 0.1) is 17.1 Å². The smallest absolute Gasteiger partial charge is 0.256 e. The number of hydrogen-bond donors (Lipinski definition) is 1. The van der Waals surface area contributed by atoms with E-state index in [1.54, 1.807) is 36.5 Å². The van der Waals surface area contributed by atoms with Gasteiger partial charge in [-0.15, -0.1) is 0 Å². The molecule has 2 aromatic rings. The highest BCUT2D eigenvalue weighted by molar-refractivity contribution is 7.89. The summed E-state index contributed by atoms with van der Waals surface area (Å²) < 4.78 is 32.9. The second-order valence-corrected chi connectivity index (χ2v) is 8.21. The van der Waals surface area contributed by atoms with Crippen LogP contribution in [0.15, 0.2) is 53.6 Å². The van der Waals surface area contributed by atoms with Gasteiger partial charge >= 0.3 is 0 Å². The number of carbonyl (C=O) groups excluding carboxylic acids is 1. The first-order valence-corrected chi connectivity index (χ1v) is 9.78. The number of amides is 1. The van der Waals surface area contributed by atoms with Crippen molar-refractivity contribution >= 4 is 21.7 Å². The van der Waals surface area contributed by atoms with Gasteiger partial charge in [0.25, 0.3) is 5.91 Å². The molecule has 1 aliphatic heterocycles. The van der Waals surface area contributed by atoms with E-state index in [0.29, 0.717) is 5.82 Å². The second-order valence-electron chi connectivity index (χ2n) is 6.28. The fourth-order valence-corrected chi connectivity index (χ4v) is 4.54. The number of sulfonamides is 1. The fourth-order valence-electron chi connectivity index (χ4n) is 2.90. The molecule has 3 rings (SSSR count). The van der Waals surface area contributed by atoms with Gasteiger partial charge < -0.3 is 10.1 Å². The Labute approximate surface area is 153 Å². The highest BCUT2D eigenvalue weighted by Gasteiger charge is 2.32. The highest BCUT2D eigenvalue weighted by Crippen LogP contribution is 2.22. The van der Waals surface area contributed by atoms with Crippen molar-refractivity contribution in [3.05, 3.63) is 54.2 Å². The van der Waals surface area contributed by atoms with Gasteiger partial charge in [0.15, 0.2) is 0 Å². The molecule has 1 saturated heterocycles. The third-order valence-corrected chi connectivity index (χ3v) is 5.85. The number of nitrogens with zero attached hydrogens (tertiary/aromatic N) is 2. The van der Waals surface area contributed by atoms with Crippen molar-refractivity contribution in [1.82, 2.24) is 9.29 Å². The van der Waals surface area contributed by atoms with E-state index in [2.05, 4.69) is 10.3 Å². The molecule has 1 amide bonds.